The van der Waals surface area contributed by atoms with E-state index in [2.05, 4.69) is 46.0 Å². The number of furan rings is 1. The van der Waals surface area contributed by atoms with Crippen LogP contribution in [0, 0.1) is 0 Å². The Morgan fingerprint density at radius 3 is 2.37 bits per heavy atom. The fourth-order valence-corrected chi connectivity index (χ4v) is 3.16. The van der Waals surface area contributed by atoms with E-state index in [0.29, 0.717) is 16.3 Å². The molecule has 1 saturated heterocycles. The van der Waals surface area contributed by atoms with Crippen LogP contribution in [0.5, 0.6) is 0 Å². The topological polar surface area (TPSA) is 87.4 Å². The molecule has 8 nitrogen and oxygen atoms in total. The first-order chi connectivity index (χ1) is 13.2. The van der Waals surface area contributed by atoms with Crippen LogP contribution in [-0.4, -0.2) is 47.0 Å². The number of rotatable bonds is 4. The van der Waals surface area contributed by atoms with E-state index in [-0.39, 0.29) is 11.7 Å². The number of hydrogen-bond acceptors (Lipinski definition) is 7. The van der Waals surface area contributed by atoms with Gasteiger partial charge in [0.15, 0.2) is 10.4 Å². The van der Waals surface area contributed by atoms with Gasteiger partial charge in [0.1, 0.15) is 5.82 Å². The second kappa shape index (κ2) is 7.75. The minimum Gasteiger partial charge on any atom is -0.444 e. The van der Waals surface area contributed by atoms with E-state index in [4.69, 9.17) is 4.42 Å². The van der Waals surface area contributed by atoms with Gasteiger partial charge in [-0.15, -0.1) is 0 Å². The highest BCUT2D eigenvalue weighted by molar-refractivity contribution is 9.10. The van der Waals surface area contributed by atoms with E-state index >= 15 is 0 Å². The van der Waals surface area contributed by atoms with Crippen LogP contribution in [0.2, 0.25) is 0 Å². The molecule has 0 bridgehead atoms. The Morgan fingerprint density at radius 2 is 1.74 bits per heavy atom. The fraction of sp³-hybridized carbons (Fsp3) is 0.222. The van der Waals surface area contributed by atoms with Gasteiger partial charge in [0.2, 0.25) is 5.95 Å². The lowest BCUT2D eigenvalue weighted by Crippen LogP contribution is -2.47. The number of nitrogens with one attached hydrogen (secondary N) is 1. The Balaban J connectivity index is 1.35. The van der Waals surface area contributed by atoms with Crippen LogP contribution in [0.1, 0.15) is 10.6 Å². The second-order valence-corrected chi connectivity index (χ2v) is 6.77. The highest BCUT2D eigenvalue weighted by atomic mass is 79.9. The molecule has 4 rings (SSSR count). The van der Waals surface area contributed by atoms with Crippen molar-refractivity contribution in [1.29, 1.82) is 0 Å². The Hall–Kier alpha value is -2.94. The van der Waals surface area contributed by atoms with Crippen LogP contribution in [-0.2, 0) is 0 Å². The molecule has 0 aliphatic carbocycles. The van der Waals surface area contributed by atoms with Crippen LogP contribution in [0.3, 0.4) is 0 Å². The van der Waals surface area contributed by atoms with Crippen molar-refractivity contribution < 1.29 is 9.21 Å². The first kappa shape index (κ1) is 17.5. The Kier molecular flexibility index (Phi) is 5.01. The first-order valence-electron chi connectivity index (χ1n) is 8.49. The summed E-state index contributed by atoms with van der Waals surface area (Å²) in [5.74, 6) is 1.51. The van der Waals surface area contributed by atoms with Gasteiger partial charge < -0.3 is 19.5 Å². The van der Waals surface area contributed by atoms with Crippen molar-refractivity contribution >= 4 is 39.3 Å². The van der Waals surface area contributed by atoms with Crippen molar-refractivity contribution in [3.05, 3.63) is 59.4 Å². The van der Waals surface area contributed by atoms with Gasteiger partial charge in [-0.05, 0) is 40.2 Å². The number of carbonyl (C=O) groups excluding carboxylic acids is 1. The lowest BCUT2D eigenvalue weighted by atomic mass is 10.3. The summed E-state index contributed by atoms with van der Waals surface area (Å²) in [5.41, 5.74) is 0.517. The van der Waals surface area contributed by atoms with Crippen LogP contribution in [0.4, 0.5) is 17.5 Å². The molecule has 1 aliphatic rings. The Bertz CT molecular complexity index is 907. The zero-order chi connectivity index (χ0) is 18.6. The summed E-state index contributed by atoms with van der Waals surface area (Å²) in [5, 5.41) is 2.72. The van der Waals surface area contributed by atoms with Crippen LogP contribution >= 0.6 is 15.9 Å². The van der Waals surface area contributed by atoms with Gasteiger partial charge in [-0.25, -0.2) is 15.0 Å². The summed E-state index contributed by atoms with van der Waals surface area (Å²) >= 11 is 3.17. The fourth-order valence-electron chi connectivity index (χ4n) is 2.85. The molecular formula is C18H17BrN6O2. The maximum atomic E-state index is 12.1. The molecule has 0 spiro atoms. The van der Waals surface area contributed by atoms with E-state index in [1.165, 1.54) is 0 Å². The molecule has 1 amide bonds. The lowest BCUT2D eigenvalue weighted by molar-refractivity contribution is 0.0995. The SMILES string of the molecule is O=C(Nc1cnc(N2CCN(c3ccccn3)CC2)nc1)c1ccc(Br)o1. The van der Waals surface area contributed by atoms with Gasteiger partial charge in [-0.1, -0.05) is 6.07 Å². The Labute approximate surface area is 164 Å². The molecule has 9 heteroatoms. The van der Waals surface area contributed by atoms with Crippen molar-refractivity contribution in [3.8, 4) is 0 Å². The smallest absolute Gasteiger partial charge is 0.291 e. The predicted octanol–water partition coefficient (Wildman–Crippen LogP) is 2.81. The number of anilines is 3. The number of halogens is 1. The zero-order valence-electron chi connectivity index (χ0n) is 14.4. The van der Waals surface area contributed by atoms with Gasteiger partial charge in [-0.2, -0.15) is 0 Å². The number of carbonyl (C=O) groups is 1. The summed E-state index contributed by atoms with van der Waals surface area (Å²) in [6, 6.07) is 9.18. The standard InChI is InChI=1S/C18H17BrN6O2/c19-15-5-4-14(27-15)17(26)23-13-11-21-18(22-12-13)25-9-7-24(8-10-25)16-3-1-2-6-20-16/h1-6,11-12H,7-10H2,(H,23,26). The average molecular weight is 429 g/mol. The largest absolute Gasteiger partial charge is 0.444 e. The molecule has 27 heavy (non-hydrogen) atoms. The summed E-state index contributed by atoms with van der Waals surface area (Å²) in [6.45, 7) is 3.32. The normalized spacial score (nSPS) is 14.3. The average Bonchev–Trinajstić information content (AvgIpc) is 3.16. The number of nitrogens with zero attached hydrogens (tertiary/aromatic N) is 5. The maximum Gasteiger partial charge on any atom is 0.291 e. The second-order valence-electron chi connectivity index (χ2n) is 5.99. The van der Waals surface area contributed by atoms with Gasteiger partial charge in [-0.3, -0.25) is 4.79 Å². The predicted molar refractivity (Wildman–Crippen MR) is 105 cm³/mol. The van der Waals surface area contributed by atoms with Gasteiger partial charge in [0.25, 0.3) is 5.91 Å². The lowest BCUT2D eigenvalue weighted by Gasteiger charge is -2.35. The number of piperazine rings is 1. The molecule has 4 heterocycles. The highest BCUT2D eigenvalue weighted by Gasteiger charge is 2.20. The third-order valence-electron chi connectivity index (χ3n) is 4.23. The number of pyridine rings is 1. The molecule has 0 saturated carbocycles. The van der Waals surface area contributed by atoms with E-state index in [0.717, 1.165) is 32.0 Å². The molecule has 1 N–H and O–H groups in total. The molecular weight excluding hydrogens is 412 g/mol. The molecule has 0 unspecified atom stereocenters. The monoisotopic (exact) mass is 428 g/mol. The van der Waals surface area contributed by atoms with Crippen molar-refractivity contribution in [2.45, 2.75) is 0 Å². The van der Waals surface area contributed by atoms with Gasteiger partial charge in [0.05, 0.1) is 18.1 Å². The molecule has 0 aromatic carbocycles. The first-order valence-corrected chi connectivity index (χ1v) is 9.28. The van der Waals surface area contributed by atoms with E-state index in [1.807, 2.05) is 18.2 Å². The highest BCUT2D eigenvalue weighted by Crippen LogP contribution is 2.18. The quantitative estimate of drug-likeness (QED) is 0.683. The molecule has 1 aliphatic heterocycles. The van der Waals surface area contributed by atoms with Crippen LogP contribution in [0.25, 0.3) is 0 Å². The van der Waals surface area contributed by atoms with Crippen LogP contribution in [0.15, 0.2) is 58.0 Å². The van der Waals surface area contributed by atoms with E-state index in [9.17, 15) is 4.79 Å². The van der Waals surface area contributed by atoms with Crippen molar-refractivity contribution in [2.24, 2.45) is 0 Å². The molecule has 3 aromatic heterocycles. The third kappa shape index (κ3) is 4.08. The molecule has 138 valence electrons. The third-order valence-corrected chi connectivity index (χ3v) is 4.66. The number of aromatic nitrogens is 3. The van der Waals surface area contributed by atoms with Crippen molar-refractivity contribution in [1.82, 2.24) is 15.0 Å². The van der Waals surface area contributed by atoms with Crippen molar-refractivity contribution in [3.63, 3.8) is 0 Å². The molecule has 3 aromatic rings. The minimum absolute atomic E-state index is 0.219. The summed E-state index contributed by atoms with van der Waals surface area (Å²) < 4.78 is 5.73. The van der Waals surface area contributed by atoms with Gasteiger partial charge in [0, 0.05) is 32.4 Å². The van der Waals surface area contributed by atoms with Crippen molar-refractivity contribution in [2.75, 3.05) is 41.3 Å². The summed E-state index contributed by atoms with van der Waals surface area (Å²) in [7, 11) is 0. The number of amides is 1. The maximum absolute atomic E-state index is 12.1. The van der Waals surface area contributed by atoms with Gasteiger partial charge >= 0.3 is 0 Å². The Morgan fingerprint density at radius 1 is 1.00 bits per heavy atom. The molecule has 0 radical (unpaired) electrons. The molecule has 0 atom stereocenters. The number of hydrogen-bond donors (Lipinski definition) is 1. The zero-order valence-corrected chi connectivity index (χ0v) is 16.0. The molecule has 1 fully saturated rings. The van der Waals surface area contributed by atoms with E-state index in [1.54, 1.807) is 30.7 Å². The van der Waals surface area contributed by atoms with E-state index < -0.39 is 0 Å². The van der Waals surface area contributed by atoms with Crippen LogP contribution < -0.4 is 15.1 Å². The summed E-state index contributed by atoms with van der Waals surface area (Å²) in [4.78, 5) is 29.6. The summed E-state index contributed by atoms with van der Waals surface area (Å²) in [6.07, 6.45) is 5.01. The minimum atomic E-state index is -0.346.